The summed E-state index contributed by atoms with van der Waals surface area (Å²) in [5.74, 6) is 1.22. The molecule has 0 spiro atoms. The molecule has 3 rings (SSSR count). The molecule has 0 saturated carbocycles. The first kappa shape index (κ1) is 16.0. The molecule has 0 bridgehead atoms. The van der Waals surface area contributed by atoms with Gasteiger partial charge in [0.2, 0.25) is 0 Å². The van der Waals surface area contributed by atoms with E-state index in [1.54, 1.807) is 26.4 Å². The zero-order valence-electron chi connectivity index (χ0n) is 13.3. The number of nitrogens with one attached hydrogen (secondary N) is 1. The Kier molecular flexibility index (Phi) is 4.48. The van der Waals surface area contributed by atoms with Crippen LogP contribution in [-0.4, -0.2) is 25.2 Å². The number of hydrogen-bond acceptors (Lipinski definition) is 4. The van der Waals surface area contributed by atoms with Gasteiger partial charge in [-0.1, -0.05) is 18.2 Å². The number of benzene rings is 2. The lowest BCUT2D eigenvalue weighted by atomic mass is 10.2. The average molecular weight is 340 g/mol. The second-order valence-electron chi connectivity index (χ2n) is 5.10. The zero-order valence-corrected chi connectivity index (χ0v) is 14.1. The molecule has 0 aliphatic carbocycles. The Balaban J connectivity index is 1.89. The van der Waals surface area contributed by atoms with Crippen LogP contribution in [0.25, 0.3) is 6.08 Å². The van der Waals surface area contributed by atoms with Gasteiger partial charge >= 0.3 is 0 Å². The van der Waals surface area contributed by atoms with E-state index in [0.29, 0.717) is 22.2 Å². The Bertz CT molecular complexity index is 815. The largest absolute Gasteiger partial charge is 0.497 e. The van der Waals surface area contributed by atoms with Crippen molar-refractivity contribution in [2.45, 2.75) is 0 Å². The van der Waals surface area contributed by atoms with Gasteiger partial charge in [-0.2, -0.15) is 0 Å². The lowest BCUT2D eigenvalue weighted by Gasteiger charge is -2.14. The van der Waals surface area contributed by atoms with Crippen LogP contribution in [0.15, 0.2) is 54.2 Å². The Morgan fingerprint density at radius 1 is 1.04 bits per heavy atom. The average Bonchev–Trinajstić information content (AvgIpc) is 2.89. The van der Waals surface area contributed by atoms with E-state index in [1.165, 1.54) is 4.90 Å². The van der Waals surface area contributed by atoms with Gasteiger partial charge in [0.1, 0.15) is 17.2 Å². The van der Waals surface area contributed by atoms with E-state index >= 15 is 0 Å². The third-order valence-corrected chi connectivity index (χ3v) is 3.90. The number of nitrogens with zero attached hydrogens (tertiary/aromatic N) is 1. The molecule has 0 atom stereocenters. The Morgan fingerprint density at radius 2 is 1.75 bits per heavy atom. The van der Waals surface area contributed by atoms with Crippen LogP contribution in [0, 0.1) is 0 Å². The highest BCUT2D eigenvalue weighted by Gasteiger charge is 2.32. The molecule has 6 heteroatoms. The number of thiocarbonyl (C=S) groups is 1. The summed E-state index contributed by atoms with van der Waals surface area (Å²) in [6.07, 6.45) is 1.76. The Labute approximate surface area is 145 Å². The predicted molar refractivity (Wildman–Crippen MR) is 97.2 cm³/mol. The van der Waals surface area contributed by atoms with Gasteiger partial charge in [-0.05, 0) is 48.1 Å². The summed E-state index contributed by atoms with van der Waals surface area (Å²) in [4.78, 5) is 14.1. The molecular formula is C18H16N2O3S. The highest BCUT2D eigenvalue weighted by molar-refractivity contribution is 7.80. The summed E-state index contributed by atoms with van der Waals surface area (Å²) >= 11 is 5.30. The van der Waals surface area contributed by atoms with E-state index in [9.17, 15) is 4.79 Å². The maximum absolute atomic E-state index is 12.7. The van der Waals surface area contributed by atoms with Crippen LogP contribution in [0.4, 0.5) is 5.69 Å². The van der Waals surface area contributed by atoms with Gasteiger partial charge in [-0.15, -0.1) is 0 Å². The molecule has 1 aliphatic rings. The molecule has 2 aromatic rings. The number of rotatable bonds is 4. The topological polar surface area (TPSA) is 50.8 Å². The van der Waals surface area contributed by atoms with Crippen molar-refractivity contribution in [3.63, 3.8) is 0 Å². The Morgan fingerprint density at radius 3 is 2.42 bits per heavy atom. The fourth-order valence-corrected chi connectivity index (χ4v) is 2.68. The number of ether oxygens (including phenoxy) is 2. The number of methoxy groups -OCH3 is 2. The minimum Gasteiger partial charge on any atom is -0.497 e. The first-order valence-corrected chi connectivity index (χ1v) is 7.68. The molecule has 1 N–H and O–H groups in total. The van der Waals surface area contributed by atoms with Crippen molar-refractivity contribution >= 4 is 35.0 Å². The van der Waals surface area contributed by atoms with Gasteiger partial charge in [0, 0.05) is 6.07 Å². The van der Waals surface area contributed by atoms with E-state index in [1.807, 2.05) is 42.5 Å². The van der Waals surface area contributed by atoms with Gasteiger partial charge in [0.15, 0.2) is 5.11 Å². The predicted octanol–water partition coefficient (Wildman–Crippen LogP) is 2.97. The quantitative estimate of drug-likeness (QED) is 0.685. The van der Waals surface area contributed by atoms with E-state index in [-0.39, 0.29) is 5.91 Å². The van der Waals surface area contributed by atoms with E-state index in [0.717, 1.165) is 11.3 Å². The first-order valence-electron chi connectivity index (χ1n) is 7.27. The molecule has 2 aromatic carbocycles. The second kappa shape index (κ2) is 6.72. The summed E-state index contributed by atoms with van der Waals surface area (Å²) in [5, 5.41) is 3.30. The summed E-state index contributed by atoms with van der Waals surface area (Å²) < 4.78 is 10.3. The van der Waals surface area contributed by atoms with Crippen LogP contribution in [0.3, 0.4) is 0 Å². The molecule has 122 valence electrons. The van der Waals surface area contributed by atoms with Crippen molar-refractivity contribution in [2.24, 2.45) is 0 Å². The molecule has 1 amide bonds. The molecule has 1 saturated heterocycles. The van der Waals surface area contributed by atoms with Crippen LogP contribution >= 0.6 is 12.2 Å². The Hall–Kier alpha value is -2.86. The molecule has 1 aliphatic heterocycles. The van der Waals surface area contributed by atoms with Gasteiger partial charge in [-0.3, -0.25) is 9.69 Å². The van der Waals surface area contributed by atoms with Gasteiger partial charge in [0.25, 0.3) is 5.91 Å². The summed E-state index contributed by atoms with van der Waals surface area (Å²) in [5.41, 5.74) is 1.96. The van der Waals surface area contributed by atoms with Crippen molar-refractivity contribution in [2.75, 3.05) is 19.1 Å². The molecule has 5 nitrogen and oxygen atoms in total. The summed E-state index contributed by atoms with van der Waals surface area (Å²) in [6.45, 7) is 0. The molecule has 0 aromatic heterocycles. The highest BCUT2D eigenvalue weighted by Crippen LogP contribution is 2.26. The number of carbonyl (C=O) groups is 1. The smallest absolute Gasteiger partial charge is 0.281 e. The van der Waals surface area contributed by atoms with E-state index < -0.39 is 0 Å². The summed E-state index contributed by atoms with van der Waals surface area (Å²) in [6, 6.07) is 14.6. The molecule has 0 unspecified atom stereocenters. The third-order valence-electron chi connectivity index (χ3n) is 3.62. The number of carbonyl (C=O) groups excluding carboxylic acids is 1. The van der Waals surface area contributed by atoms with E-state index in [4.69, 9.17) is 21.7 Å². The maximum Gasteiger partial charge on any atom is 0.281 e. The molecule has 0 radical (unpaired) electrons. The zero-order chi connectivity index (χ0) is 17.1. The fourth-order valence-electron chi connectivity index (χ4n) is 2.39. The highest BCUT2D eigenvalue weighted by atomic mass is 32.1. The van der Waals surface area contributed by atoms with Crippen molar-refractivity contribution in [3.8, 4) is 11.5 Å². The first-order chi connectivity index (χ1) is 11.6. The normalized spacial score (nSPS) is 15.6. The van der Waals surface area contributed by atoms with Crippen LogP contribution in [0.1, 0.15) is 5.56 Å². The van der Waals surface area contributed by atoms with Crippen LogP contribution in [0.2, 0.25) is 0 Å². The lowest BCUT2D eigenvalue weighted by molar-refractivity contribution is -0.113. The molecule has 1 heterocycles. The van der Waals surface area contributed by atoms with E-state index in [2.05, 4.69) is 5.32 Å². The van der Waals surface area contributed by atoms with Crippen LogP contribution in [-0.2, 0) is 4.79 Å². The standard InChI is InChI=1S/C18H16N2O3S/c1-22-14-8-6-12(7-9-14)10-16-17(21)20(18(24)19-16)13-4-3-5-15(11-13)23-2/h3-11H,1-2H3,(H,19,24). The monoisotopic (exact) mass is 340 g/mol. The second-order valence-corrected chi connectivity index (χ2v) is 5.49. The molecular weight excluding hydrogens is 324 g/mol. The minimum absolute atomic E-state index is 0.205. The van der Waals surface area contributed by atoms with Gasteiger partial charge in [-0.25, -0.2) is 0 Å². The van der Waals surface area contributed by atoms with Gasteiger partial charge in [0.05, 0.1) is 19.9 Å². The lowest BCUT2D eigenvalue weighted by Crippen LogP contribution is -2.30. The van der Waals surface area contributed by atoms with Crippen LogP contribution in [0.5, 0.6) is 11.5 Å². The minimum atomic E-state index is -0.205. The van der Waals surface area contributed by atoms with Crippen molar-refractivity contribution in [1.29, 1.82) is 0 Å². The number of anilines is 1. The number of hydrogen-bond donors (Lipinski definition) is 1. The SMILES string of the molecule is COc1ccc(C=C2NC(=S)N(c3cccc(OC)c3)C2=O)cc1. The maximum atomic E-state index is 12.7. The summed E-state index contributed by atoms with van der Waals surface area (Å²) in [7, 11) is 3.19. The van der Waals surface area contributed by atoms with Crippen molar-refractivity contribution < 1.29 is 14.3 Å². The van der Waals surface area contributed by atoms with Crippen LogP contribution < -0.4 is 19.7 Å². The molecule has 1 fully saturated rings. The van der Waals surface area contributed by atoms with Gasteiger partial charge < -0.3 is 14.8 Å². The van der Waals surface area contributed by atoms with Crippen molar-refractivity contribution in [1.82, 2.24) is 5.32 Å². The molecule has 24 heavy (non-hydrogen) atoms. The fraction of sp³-hybridized carbons (Fsp3) is 0.111. The van der Waals surface area contributed by atoms with Crippen molar-refractivity contribution in [3.05, 3.63) is 59.8 Å². The number of amides is 1. The third kappa shape index (κ3) is 3.09.